The number of rotatable bonds is 1. The van der Waals surface area contributed by atoms with E-state index in [1.807, 2.05) is 72.8 Å². The summed E-state index contributed by atoms with van der Waals surface area (Å²) in [7, 11) is 15.0. The molecule has 5 heterocycles. The van der Waals surface area contributed by atoms with E-state index in [2.05, 4.69) is 14.9 Å². The van der Waals surface area contributed by atoms with E-state index in [1.165, 1.54) is 6.07 Å². The summed E-state index contributed by atoms with van der Waals surface area (Å²) >= 11 is -2.06. The van der Waals surface area contributed by atoms with Crippen LogP contribution in [0.4, 0.5) is 4.53 Å². The predicted octanol–water partition coefficient (Wildman–Crippen LogP) is 8.60. The number of fused-ring (bicyclic) bond motifs is 20. The van der Waals surface area contributed by atoms with E-state index in [9.17, 15) is 9.32 Å². The average Bonchev–Trinajstić information content (AvgIpc) is 3.83. The van der Waals surface area contributed by atoms with Crippen molar-refractivity contribution in [2.75, 3.05) is 0 Å². The van der Waals surface area contributed by atoms with Crippen LogP contribution in [0.25, 0.3) is 89.7 Å². The number of hydrogen-bond acceptors (Lipinski definition) is 8. The van der Waals surface area contributed by atoms with Crippen LogP contribution in [0, 0.1) is 0 Å². The molecule has 10 nitrogen and oxygen atoms in total. The number of H-pyrrole nitrogens is 2. The van der Waals surface area contributed by atoms with Gasteiger partial charge >= 0.3 is 48.1 Å². The minimum absolute atomic E-state index is 0.0128. The molecule has 232 valence electrons. The Morgan fingerprint density at radius 2 is 0.917 bits per heavy atom. The van der Waals surface area contributed by atoms with Gasteiger partial charge in [0, 0.05) is 48.3 Å². The van der Waals surface area contributed by atoms with Crippen molar-refractivity contribution in [3.8, 4) is 45.6 Å². The number of carbonyl (C=O) groups excluding carboxylic acids is 1. The monoisotopic (exact) mass is 750 g/mol. The Labute approximate surface area is 287 Å². The topological polar surface area (TPSA) is 135 Å². The molecule has 2 aliphatic heterocycles. The van der Waals surface area contributed by atoms with E-state index >= 15 is 0 Å². The fourth-order valence-electron chi connectivity index (χ4n) is 5.90. The van der Waals surface area contributed by atoms with Crippen molar-refractivity contribution in [1.82, 2.24) is 39.9 Å². The van der Waals surface area contributed by atoms with E-state index < -0.39 is 19.2 Å². The van der Waals surface area contributed by atoms with Gasteiger partial charge in [-0.05, 0) is 6.07 Å². The van der Waals surface area contributed by atoms with Gasteiger partial charge in [0.2, 0.25) is 0 Å². The third kappa shape index (κ3) is 5.27. The fraction of sp³-hybridized carbons (Fsp3) is 0. The summed E-state index contributed by atoms with van der Waals surface area (Å²) in [6.07, 6.45) is 0. The SMILES string of the molecule is O=C(OF)c1cccc2c3nc4nc(nc5[nH]c(nc6nc(nc([nH]3)c12)-c1ccccc1-6)c1ccccc51)-c1ccccc1-4.[Cl][Ga]([Cl])[Cl]. The first-order valence-electron chi connectivity index (χ1n) is 14.4. The molecule has 0 atom stereocenters. The molecule has 7 aromatic rings. The molecule has 0 unspecified atom stereocenters. The molecular weight excluding hydrogens is 735 g/mol. The van der Waals surface area contributed by atoms with Crippen molar-refractivity contribution >= 4 is 92.2 Å². The van der Waals surface area contributed by atoms with Crippen LogP contribution in [0.15, 0.2) is 91.0 Å². The standard InChI is InChI=1S/C33H17FN8O2.3ClH.Ga/c34-44-33(43)23-15-7-14-22-24(23)32-41-30-21-13-6-5-12-20(21)28(39-30)37-26-17-9-2-1-8-16(17)25(35-26)36-27-18-10-3-4-11-19(18)29(38-27)40-31(22)42-32;;;;/h1-15H,(H2,35,36,37,38,39,40,41,42);3*1H;/q;;;;+3/p-3. The van der Waals surface area contributed by atoms with Crippen molar-refractivity contribution in [2.24, 2.45) is 0 Å². The molecule has 0 fully saturated rings. The van der Waals surface area contributed by atoms with Crippen molar-refractivity contribution in [3.05, 3.63) is 96.6 Å². The van der Waals surface area contributed by atoms with Crippen LogP contribution in [0.5, 0.6) is 0 Å². The Morgan fingerprint density at radius 1 is 0.542 bits per heavy atom. The molecule has 0 radical (unpaired) electrons. The number of aromatic nitrogens is 8. The number of aromatic amines is 2. The average molecular weight is 753 g/mol. The third-order valence-electron chi connectivity index (χ3n) is 7.87. The first kappa shape index (κ1) is 30.5. The molecule has 0 spiro atoms. The Bertz CT molecular complexity index is 2600. The summed E-state index contributed by atoms with van der Waals surface area (Å²) in [5.74, 6) is 0.565. The van der Waals surface area contributed by atoms with Crippen LogP contribution in [-0.2, 0) is 4.94 Å². The molecule has 3 aromatic heterocycles. The zero-order valence-electron chi connectivity index (χ0n) is 24.2. The fourth-order valence-corrected chi connectivity index (χ4v) is 5.90. The van der Waals surface area contributed by atoms with Crippen LogP contribution < -0.4 is 0 Å². The van der Waals surface area contributed by atoms with E-state index in [0.29, 0.717) is 51.0 Å². The number of carbonyl (C=O) groups is 1. The van der Waals surface area contributed by atoms with Gasteiger partial charge < -0.3 is 9.97 Å². The Morgan fingerprint density at radius 3 is 1.38 bits per heavy atom. The number of hydrogen-bond donors (Lipinski definition) is 2. The molecule has 48 heavy (non-hydrogen) atoms. The van der Waals surface area contributed by atoms with Crippen molar-refractivity contribution in [1.29, 1.82) is 0 Å². The first-order valence-corrected chi connectivity index (χ1v) is 23.9. The van der Waals surface area contributed by atoms with Crippen LogP contribution in [-0.4, -0.2) is 59.1 Å². The Balaban J connectivity index is 0.000000799. The zero-order chi connectivity index (χ0) is 32.9. The Hall–Kier alpha value is -4.85. The molecule has 4 aromatic carbocycles. The van der Waals surface area contributed by atoms with Gasteiger partial charge in [-0.2, -0.15) is 0 Å². The summed E-state index contributed by atoms with van der Waals surface area (Å²) in [6, 6.07) is 28.0. The summed E-state index contributed by atoms with van der Waals surface area (Å²) < 4.78 is 13.2. The number of halogens is 4. The van der Waals surface area contributed by atoms with Crippen LogP contribution >= 0.6 is 28.9 Å². The van der Waals surface area contributed by atoms with Crippen molar-refractivity contribution in [3.63, 3.8) is 0 Å². The van der Waals surface area contributed by atoms with Gasteiger partial charge in [0.25, 0.3) is 0 Å². The number of nitrogens with one attached hydrogen (secondary N) is 2. The van der Waals surface area contributed by atoms with Gasteiger partial charge in [-0.3, -0.25) is 0 Å². The zero-order valence-corrected chi connectivity index (χ0v) is 28.9. The molecule has 2 N–H and O–H groups in total. The second kappa shape index (κ2) is 12.3. The number of benzene rings is 4. The normalized spacial score (nSPS) is 11.4. The summed E-state index contributed by atoms with van der Waals surface area (Å²) in [4.78, 5) is 52.1. The molecular formula is C33H17Cl3FGaN8O2. The van der Waals surface area contributed by atoms with Crippen LogP contribution in [0.2, 0.25) is 0 Å². The molecule has 8 bridgehead atoms. The first-order chi connectivity index (χ1) is 23.4. The third-order valence-corrected chi connectivity index (χ3v) is 7.87. The second-order valence-electron chi connectivity index (χ2n) is 10.6. The van der Waals surface area contributed by atoms with Crippen molar-refractivity contribution in [2.45, 2.75) is 0 Å². The van der Waals surface area contributed by atoms with Gasteiger partial charge in [0.15, 0.2) is 23.3 Å². The summed E-state index contributed by atoms with van der Waals surface area (Å²) in [6.45, 7) is 0. The predicted molar refractivity (Wildman–Crippen MR) is 186 cm³/mol. The molecule has 0 saturated heterocycles. The summed E-state index contributed by atoms with van der Waals surface area (Å²) in [5.41, 5.74) is 4.93. The maximum absolute atomic E-state index is 13.2. The van der Waals surface area contributed by atoms with Crippen LogP contribution in [0.1, 0.15) is 10.4 Å². The van der Waals surface area contributed by atoms with Gasteiger partial charge in [0.05, 0.1) is 5.56 Å². The quantitative estimate of drug-likeness (QED) is 0.159. The van der Waals surface area contributed by atoms with Gasteiger partial charge in [-0.25, -0.2) is 39.6 Å². The molecule has 2 aliphatic rings. The Kier molecular flexibility index (Phi) is 7.81. The molecule has 0 saturated carbocycles. The van der Waals surface area contributed by atoms with E-state index in [-0.39, 0.29) is 11.2 Å². The molecule has 0 amide bonds. The maximum atomic E-state index is 13.2. The van der Waals surface area contributed by atoms with E-state index in [1.54, 1.807) is 12.1 Å². The van der Waals surface area contributed by atoms with Gasteiger partial charge in [-0.1, -0.05) is 84.9 Å². The van der Waals surface area contributed by atoms with E-state index in [4.69, 9.17) is 58.8 Å². The van der Waals surface area contributed by atoms with Crippen molar-refractivity contribution < 1.29 is 14.3 Å². The van der Waals surface area contributed by atoms with Crippen LogP contribution in [0.3, 0.4) is 0 Å². The van der Waals surface area contributed by atoms with Gasteiger partial charge in [0.1, 0.15) is 22.6 Å². The van der Waals surface area contributed by atoms with E-state index in [0.717, 1.165) is 33.0 Å². The molecule has 9 rings (SSSR count). The molecule has 0 aliphatic carbocycles. The number of nitrogens with zero attached hydrogens (tertiary/aromatic N) is 6. The molecule has 15 heteroatoms. The minimum atomic E-state index is -2.06. The second-order valence-corrected chi connectivity index (χ2v) is 21.9. The summed E-state index contributed by atoms with van der Waals surface area (Å²) in [5, 5.41) is 2.62. The van der Waals surface area contributed by atoms with Gasteiger partial charge in [-0.15, -0.1) is 0 Å².